The largest absolute Gasteiger partial charge is 0.497 e. The highest BCUT2D eigenvalue weighted by molar-refractivity contribution is 5.92. The Morgan fingerprint density at radius 2 is 2.33 bits per heavy atom. The molecule has 1 amide bonds. The molecule has 21 heavy (non-hydrogen) atoms. The smallest absolute Gasteiger partial charge is 0.272 e. The molecule has 0 aliphatic carbocycles. The number of nitrogens with zero attached hydrogens (tertiary/aromatic N) is 2. The van der Waals surface area contributed by atoms with E-state index in [1.807, 2.05) is 24.3 Å². The van der Waals surface area contributed by atoms with Crippen LogP contribution in [0.5, 0.6) is 5.75 Å². The van der Waals surface area contributed by atoms with E-state index in [0.29, 0.717) is 18.7 Å². The number of H-pyrrole nitrogens is 1. The lowest BCUT2D eigenvalue weighted by Crippen LogP contribution is -2.32. The summed E-state index contributed by atoms with van der Waals surface area (Å²) in [7, 11) is 1.61. The Balaban J connectivity index is 1.90. The summed E-state index contributed by atoms with van der Waals surface area (Å²) in [5.41, 5.74) is 1.38. The van der Waals surface area contributed by atoms with Crippen molar-refractivity contribution < 1.29 is 14.6 Å². The number of hydrogen-bond acceptors (Lipinski definition) is 4. The number of carbonyl (C=O) groups is 1. The molecule has 1 aliphatic heterocycles. The minimum absolute atomic E-state index is 0.156. The van der Waals surface area contributed by atoms with Gasteiger partial charge in [0.25, 0.3) is 5.91 Å². The van der Waals surface area contributed by atoms with Crippen LogP contribution in [0.3, 0.4) is 0 Å². The number of aromatic amines is 1. The second-order valence-electron chi connectivity index (χ2n) is 5.11. The van der Waals surface area contributed by atoms with Crippen molar-refractivity contribution >= 4 is 5.91 Å². The van der Waals surface area contributed by atoms with Crippen LogP contribution in [0.1, 0.15) is 28.5 Å². The second-order valence-corrected chi connectivity index (χ2v) is 5.11. The number of amides is 1. The molecule has 0 saturated carbocycles. The van der Waals surface area contributed by atoms with Crippen LogP contribution in [0.2, 0.25) is 0 Å². The van der Waals surface area contributed by atoms with Crippen LogP contribution in [0.4, 0.5) is 0 Å². The van der Waals surface area contributed by atoms with Gasteiger partial charge in [0.15, 0.2) is 0 Å². The van der Waals surface area contributed by atoms with Crippen LogP contribution in [0, 0.1) is 0 Å². The van der Waals surface area contributed by atoms with Crippen molar-refractivity contribution in [2.24, 2.45) is 0 Å². The maximum atomic E-state index is 12.5. The van der Waals surface area contributed by atoms with Gasteiger partial charge in [0.2, 0.25) is 0 Å². The topological polar surface area (TPSA) is 78.5 Å². The quantitative estimate of drug-likeness (QED) is 0.893. The summed E-state index contributed by atoms with van der Waals surface area (Å²) in [5, 5.41) is 16.4. The fraction of sp³-hybridized carbons (Fsp3) is 0.333. The molecule has 1 aliphatic rings. The number of ether oxygens (including phenoxy) is 1. The van der Waals surface area contributed by atoms with Crippen molar-refractivity contribution in [3.63, 3.8) is 0 Å². The average Bonchev–Trinajstić information content (AvgIpc) is 3.16. The van der Waals surface area contributed by atoms with E-state index in [1.54, 1.807) is 24.3 Å². The molecule has 6 nitrogen and oxygen atoms in total. The van der Waals surface area contributed by atoms with E-state index in [-0.39, 0.29) is 11.9 Å². The Labute approximate surface area is 122 Å². The van der Waals surface area contributed by atoms with Crippen LogP contribution in [-0.4, -0.2) is 45.9 Å². The van der Waals surface area contributed by atoms with Gasteiger partial charge in [0.05, 0.1) is 19.3 Å². The number of nitrogens with one attached hydrogen (secondary N) is 1. The van der Waals surface area contributed by atoms with E-state index in [9.17, 15) is 9.90 Å². The third-order valence-electron chi connectivity index (χ3n) is 3.75. The van der Waals surface area contributed by atoms with Gasteiger partial charge in [-0.2, -0.15) is 5.10 Å². The summed E-state index contributed by atoms with van der Waals surface area (Å²) in [4.78, 5) is 14.2. The zero-order valence-corrected chi connectivity index (χ0v) is 11.7. The van der Waals surface area contributed by atoms with Crippen molar-refractivity contribution in [2.75, 3.05) is 13.7 Å². The van der Waals surface area contributed by atoms with Gasteiger partial charge in [-0.05, 0) is 30.2 Å². The summed E-state index contributed by atoms with van der Waals surface area (Å²) in [6, 6.07) is 9.06. The van der Waals surface area contributed by atoms with Crippen molar-refractivity contribution in [1.29, 1.82) is 0 Å². The molecule has 0 bridgehead atoms. The molecule has 0 radical (unpaired) electrons. The molecular weight excluding hydrogens is 270 g/mol. The number of β-amino-alcohol motifs (C(OH)–C–C–N with tert-alkyl or cyclic N) is 1. The predicted molar refractivity (Wildman–Crippen MR) is 76.0 cm³/mol. The molecule has 1 fully saturated rings. The number of rotatable bonds is 3. The molecule has 1 aromatic heterocycles. The molecule has 2 heterocycles. The number of aliphatic hydroxyl groups is 1. The van der Waals surface area contributed by atoms with E-state index >= 15 is 0 Å². The summed E-state index contributed by atoms with van der Waals surface area (Å²) >= 11 is 0. The number of methoxy groups -OCH3 is 1. The molecule has 6 heteroatoms. The zero-order valence-electron chi connectivity index (χ0n) is 11.7. The lowest BCUT2D eigenvalue weighted by Gasteiger charge is -2.24. The van der Waals surface area contributed by atoms with Gasteiger partial charge in [0.1, 0.15) is 11.4 Å². The lowest BCUT2D eigenvalue weighted by atomic mass is 10.0. The molecular formula is C15H17N3O3. The fourth-order valence-electron chi connectivity index (χ4n) is 2.73. The third kappa shape index (κ3) is 2.62. The fourth-order valence-corrected chi connectivity index (χ4v) is 2.73. The molecule has 1 saturated heterocycles. The molecule has 110 valence electrons. The highest BCUT2D eigenvalue weighted by atomic mass is 16.5. The van der Waals surface area contributed by atoms with Gasteiger partial charge >= 0.3 is 0 Å². The highest BCUT2D eigenvalue weighted by Gasteiger charge is 2.36. The monoisotopic (exact) mass is 287 g/mol. The normalized spacial score (nSPS) is 21.5. The minimum atomic E-state index is -0.520. The number of likely N-dealkylation sites (tertiary alicyclic amines) is 1. The Kier molecular flexibility index (Phi) is 3.62. The Hall–Kier alpha value is -2.34. The first-order chi connectivity index (χ1) is 10.2. The Bertz CT molecular complexity index is 627. The summed E-state index contributed by atoms with van der Waals surface area (Å²) in [6.45, 7) is 0.319. The molecule has 2 N–H and O–H groups in total. The first kappa shape index (κ1) is 13.6. The molecule has 1 aromatic carbocycles. The summed E-state index contributed by atoms with van der Waals surface area (Å²) < 4.78 is 5.23. The Morgan fingerprint density at radius 3 is 3.05 bits per heavy atom. The van der Waals surface area contributed by atoms with Gasteiger partial charge in [0, 0.05) is 12.7 Å². The minimum Gasteiger partial charge on any atom is -0.497 e. The van der Waals surface area contributed by atoms with Gasteiger partial charge in [-0.15, -0.1) is 0 Å². The van der Waals surface area contributed by atoms with Crippen molar-refractivity contribution in [3.05, 3.63) is 47.8 Å². The van der Waals surface area contributed by atoms with Crippen LogP contribution >= 0.6 is 0 Å². The van der Waals surface area contributed by atoms with E-state index in [0.717, 1.165) is 11.3 Å². The highest BCUT2D eigenvalue weighted by Crippen LogP contribution is 2.34. The van der Waals surface area contributed by atoms with Gasteiger partial charge < -0.3 is 14.7 Å². The average molecular weight is 287 g/mol. The van der Waals surface area contributed by atoms with E-state index in [4.69, 9.17) is 4.74 Å². The van der Waals surface area contributed by atoms with Gasteiger partial charge in [-0.3, -0.25) is 9.89 Å². The standard InChI is InChI=1S/C15H17N3O3/c1-21-12-4-2-3-10(7-12)14-8-11(19)9-18(14)15(20)13-5-6-16-17-13/h2-7,11,14,19H,8-9H2,1H3,(H,16,17). The SMILES string of the molecule is COc1cccc(C2CC(O)CN2C(=O)c2ccn[nH]2)c1. The zero-order chi connectivity index (χ0) is 14.8. The third-order valence-corrected chi connectivity index (χ3v) is 3.75. The predicted octanol–water partition coefficient (Wildman–Crippen LogP) is 1.37. The second kappa shape index (κ2) is 5.57. The van der Waals surface area contributed by atoms with Gasteiger partial charge in [-0.25, -0.2) is 0 Å². The molecule has 2 atom stereocenters. The first-order valence-electron chi connectivity index (χ1n) is 6.81. The van der Waals surface area contributed by atoms with Gasteiger partial charge in [-0.1, -0.05) is 12.1 Å². The summed E-state index contributed by atoms with van der Waals surface area (Å²) in [6.07, 6.45) is 1.54. The Morgan fingerprint density at radius 1 is 1.48 bits per heavy atom. The number of benzene rings is 1. The molecule has 0 spiro atoms. The first-order valence-corrected chi connectivity index (χ1v) is 6.81. The molecule has 2 unspecified atom stereocenters. The maximum absolute atomic E-state index is 12.5. The molecule has 2 aromatic rings. The van der Waals surface area contributed by atoms with Crippen LogP contribution in [0.15, 0.2) is 36.5 Å². The number of aliphatic hydroxyl groups excluding tert-OH is 1. The summed E-state index contributed by atoms with van der Waals surface area (Å²) in [5.74, 6) is 0.583. The van der Waals surface area contributed by atoms with Crippen LogP contribution in [-0.2, 0) is 0 Å². The molecule has 3 rings (SSSR count). The van der Waals surface area contributed by atoms with E-state index in [1.165, 1.54) is 0 Å². The van der Waals surface area contributed by atoms with E-state index in [2.05, 4.69) is 10.2 Å². The van der Waals surface area contributed by atoms with Crippen molar-refractivity contribution in [2.45, 2.75) is 18.6 Å². The number of hydrogen-bond donors (Lipinski definition) is 2. The lowest BCUT2D eigenvalue weighted by molar-refractivity contribution is 0.0709. The maximum Gasteiger partial charge on any atom is 0.272 e. The number of carbonyl (C=O) groups excluding carboxylic acids is 1. The van der Waals surface area contributed by atoms with Crippen molar-refractivity contribution in [3.8, 4) is 5.75 Å². The van der Waals surface area contributed by atoms with Crippen LogP contribution in [0.25, 0.3) is 0 Å². The number of aromatic nitrogens is 2. The van der Waals surface area contributed by atoms with Crippen LogP contribution < -0.4 is 4.74 Å². The van der Waals surface area contributed by atoms with E-state index < -0.39 is 6.10 Å². The van der Waals surface area contributed by atoms with Crippen molar-refractivity contribution in [1.82, 2.24) is 15.1 Å².